The molecule has 0 aromatic heterocycles. The molecule has 9 atom stereocenters. The third-order valence-corrected chi connectivity index (χ3v) is 15.1. The van der Waals surface area contributed by atoms with Crippen molar-refractivity contribution in [3.05, 3.63) is 39.0 Å². The molecular weight excluding hydrogens is 879 g/mol. The first-order chi connectivity index (χ1) is 29.1. The van der Waals surface area contributed by atoms with Gasteiger partial charge in [-0.25, -0.2) is 0 Å². The van der Waals surface area contributed by atoms with Crippen LogP contribution in [0.2, 0.25) is 0 Å². The van der Waals surface area contributed by atoms with Crippen LogP contribution in [-0.2, 0) is 50.3 Å². The second kappa shape index (κ2) is 18.4. The largest absolute Gasteiger partial charge is 0.680 e. The molecule has 1 unspecified atom stereocenters. The summed E-state index contributed by atoms with van der Waals surface area (Å²) in [5.74, 6) is -13.5. The second-order valence-corrected chi connectivity index (χ2v) is 18.9. The Morgan fingerprint density at radius 1 is 0.734 bits per heavy atom. The molecule has 0 aromatic carbocycles. The molecule has 0 amide bonds. The molecule has 5 rings (SSSR count). The van der Waals surface area contributed by atoms with E-state index in [0.717, 1.165) is 0 Å². The molecule has 5 aliphatic rings. The van der Waals surface area contributed by atoms with E-state index in [2.05, 4.69) is 0 Å². The van der Waals surface area contributed by atoms with E-state index in [0.29, 0.717) is 22.4 Å². The SMILES string of the molecule is CC1=C(CCC(=O)[O-])C2=N[C@@]1(C)CC1=C(CCC(=O)[O-])[C@](C)(CC(=O)[O-])C(=N1)/C(C)=C1\[N-][C@@](C)([C@@H]3N=C(C2C)[C@](C)(CCC(=O)[O-])[C@H]3CC(=O)[O-])[C@@](C)(CC(=O)[O-])[C@@H]1CCC(=O)[O-].[Co]. The standard InChI is InChI=1S/C45H60N4O14.Co/c1-21-36-24(9-12-29(50)51)23(3)44(7,48-36)18-28-25(10-13-30(52)53)42(5,19-34(60)61)39(46-28)22(2)37-26(11-14-31(54)55)43(6,20-35(62)63)45(8,49-37)40-27(17-33(58)59)41(4,38(21)47-40)16-15-32(56)57;/h21,26-27,40H,9-20H2,1-8H3,(H8,46,49,50,51,52,53,54,55,56,57,58,59,60,61,62,63);/p-8/t21?,26-,27+,40-,41-,42+,43+,44+,45+;/m1./s1. The molecule has 0 N–H and O–H groups in total. The van der Waals surface area contributed by atoms with Gasteiger partial charge in [0.05, 0.1) is 11.3 Å². The Morgan fingerprint density at radius 3 is 1.83 bits per heavy atom. The zero-order valence-electron chi connectivity index (χ0n) is 37.1. The molecule has 0 saturated carbocycles. The number of carboxylic acids is 7. The second-order valence-electron chi connectivity index (χ2n) is 18.9. The maximum Gasteiger partial charge on any atom is 0.0851 e. The van der Waals surface area contributed by atoms with Gasteiger partial charge < -0.3 is 74.6 Å². The Labute approximate surface area is 381 Å². The monoisotopic (exact) mass is 931 g/mol. The fourth-order valence-corrected chi connectivity index (χ4v) is 11.6. The predicted octanol–water partition coefficient (Wildman–Crippen LogP) is -2.70. The van der Waals surface area contributed by atoms with Crippen molar-refractivity contribution in [1.29, 1.82) is 0 Å². The summed E-state index contributed by atoms with van der Waals surface area (Å²) in [5, 5.41) is 91.9. The maximum atomic E-state index is 12.9. The number of carboxylic acid groups (broad SMARTS) is 7. The van der Waals surface area contributed by atoms with E-state index in [-0.39, 0.29) is 77.3 Å². The zero-order chi connectivity index (χ0) is 47.4. The molecule has 1 radical (unpaired) electrons. The minimum atomic E-state index is -1.77. The van der Waals surface area contributed by atoms with Gasteiger partial charge in [-0.2, -0.15) is 5.70 Å². The Balaban J connectivity index is 0.00000898. The molecule has 5 aliphatic heterocycles. The van der Waals surface area contributed by atoms with Crippen molar-refractivity contribution in [3.63, 3.8) is 0 Å². The molecule has 1 saturated heterocycles. The number of rotatable bonds is 18. The third-order valence-electron chi connectivity index (χ3n) is 15.1. The minimum Gasteiger partial charge on any atom is -0.680 e. The Morgan fingerprint density at radius 2 is 1.30 bits per heavy atom. The first-order valence-corrected chi connectivity index (χ1v) is 21.1. The summed E-state index contributed by atoms with van der Waals surface area (Å²) in [5.41, 5.74) is -4.99. The van der Waals surface area contributed by atoms with Crippen LogP contribution in [0.15, 0.2) is 48.7 Å². The Kier molecular flexibility index (Phi) is 14.8. The Bertz CT molecular complexity index is 2240. The molecule has 1 fully saturated rings. The van der Waals surface area contributed by atoms with Crippen LogP contribution in [0, 0.1) is 34.0 Å². The van der Waals surface area contributed by atoms with Gasteiger partial charge in [0.2, 0.25) is 0 Å². The van der Waals surface area contributed by atoms with Crippen molar-refractivity contribution in [1.82, 2.24) is 0 Å². The van der Waals surface area contributed by atoms with Crippen molar-refractivity contribution >= 4 is 58.9 Å². The van der Waals surface area contributed by atoms with Crippen LogP contribution < -0.4 is 35.7 Å². The summed E-state index contributed by atoms with van der Waals surface area (Å²) >= 11 is 0. The molecule has 353 valence electrons. The van der Waals surface area contributed by atoms with Crippen LogP contribution in [0.1, 0.15) is 132 Å². The third kappa shape index (κ3) is 9.06. The number of aliphatic imine (C=N–C) groups is 3. The quantitative estimate of drug-likeness (QED) is 0.135. The maximum absolute atomic E-state index is 12.9. The van der Waals surface area contributed by atoms with E-state index >= 15 is 0 Å². The first kappa shape index (κ1) is 51.5. The molecule has 0 spiro atoms. The van der Waals surface area contributed by atoms with Gasteiger partial charge >= 0.3 is 0 Å². The summed E-state index contributed by atoms with van der Waals surface area (Å²) < 4.78 is 0. The average Bonchev–Trinajstić information content (AvgIpc) is 3.75. The van der Waals surface area contributed by atoms with Crippen LogP contribution in [0.5, 0.6) is 0 Å². The van der Waals surface area contributed by atoms with Crippen molar-refractivity contribution in [2.45, 2.75) is 150 Å². The van der Waals surface area contributed by atoms with Gasteiger partial charge in [-0.05, 0) is 131 Å². The van der Waals surface area contributed by atoms with Crippen LogP contribution in [0.4, 0.5) is 0 Å². The molecular formula is C45H52CoN4O14-8. The molecule has 19 heteroatoms. The predicted molar refractivity (Wildman–Crippen MR) is 210 cm³/mol. The van der Waals surface area contributed by atoms with E-state index in [4.69, 9.17) is 20.3 Å². The average molecular weight is 932 g/mol. The number of carbonyl (C=O) groups excluding carboxylic acids is 7. The zero-order valence-corrected chi connectivity index (χ0v) is 38.2. The number of fused-ring (bicyclic) bond motifs is 6. The van der Waals surface area contributed by atoms with Gasteiger partial charge in [0.25, 0.3) is 0 Å². The molecule has 5 heterocycles. The molecule has 18 nitrogen and oxygen atoms in total. The van der Waals surface area contributed by atoms with E-state index in [1.54, 1.807) is 55.4 Å². The molecule has 8 bridgehead atoms. The van der Waals surface area contributed by atoms with E-state index in [1.807, 2.05) is 0 Å². The summed E-state index contributed by atoms with van der Waals surface area (Å²) in [6.45, 7) is 13.1. The topological polar surface area (TPSA) is 332 Å². The van der Waals surface area contributed by atoms with Crippen LogP contribution in [0.3, 0.4) is 0 Å². The van der Waals surface area contributed by atoms with E-state index < -0.39 is 138 Å². The van der Waals surface area contributed by atoms with Crippen molar-refractivity contribution in [2.24, 2.45) is 49.0 Å². The summed E-state index contributed by atoms with van der Waals surface area (Å²) in [7, 11) is 0. The Hall–Kier alpha value is -5.17. The van der Waals surface area contributed by atoms with Crippen molar-refractivity contribution in [2.75, 3.05) is 0 Å². The van der Waals surface area contributed by atoms with Gasteiger partial charge in [0, 0.05) is 111 Å². The van der Waals surface area contributed by atoms with Gasteiger partial charge in [0.15, 0.2) is 0 Å². The van der Waals surface area contributed by atoms with Gasteiger partial charge in [0.1, 0.15) is 0 Å². The van der Waals surface area contributed by atoms with Crippen LogP contribution in [-0.4, -0.2) is 76.0 Å². The minimum absolute atomic E-state index is 0. The summed E-state index contributed by atoms with van der Waals surface area (Å²) in [4.78, 5) is 102. The molecule has 0 aliphatic carbocycles. The number of hydrogen-bond acceptors (Lipinski definition) is 17. The van der Waals surface area contributed by atoms with Gasteiger partial charge in [-0.3, -0.25) is 15.0 Å². The number of allylic oxidation sites excluding steroid dienone is 4. The van der Waals surface area contributed by atoms with E-state index in [1.165, 1.54) is 0 Å². The van der Waals surface area contributed by atoms with Crippen molar-refractivity contribution in [3.8, 4) is 0 Å². The van der Waals surface area contributed by atoms with E-state index in [9.17, 15) is 69.3 Å². The van der Waals surface area contributed by atoms with Crippen molar-refractivity contribution < 1.29 is 86.1 Å². The fraction of sp³-hybridized carbons (Fsp3) is 0.644. The number of nitrogens with zero attached hydrogens (tertiary/aromatic N) is 4. The number of aliphatic carboxylic acids is 7. The summed E-state index contributed by atoms with van der Waals surface area (Å²) in [6, 6.07) is -1.28. The fourth-order valence-electron chi connectivity index (χ4n) is 11.6. The smallest absolute Gasteiger partial charge is 0.0851 e. The first-order valence-electron chi connectivity index (χ1n) is 21.1. The molecule has 64 heavy (non-hydrogen) atoms. The van der Waals surface area contributed by atoms with Gasteiger partial charge in [-0.1, -0.05) is 33.2 Å². The van der Waals surface area contributed by atoms with Crippen LogP contribution >= 0.6 is 0 Å². The molecule has 0 aromatic rings. The van der Waals surface area contributed by atoms with Gasteiger partial charge in [-0.15, -0.1) is 0 Å². The normalized spacial score (nSPS) is 34.2. The number of hydrogen-bond donors (Lipinski definition) is 0. The summed E-state index contributed by atoms with van der Waals surface area (Å²) in [6.07, 6.45) is -5.22. The number of carbonyl (C=O) groups is 7. The van der Waals surface area contributed by atoms with Crippen LogP contribution in [0.25, 0.3) is 5.32 Å².